The number of aromatic nitrogens is 1. The predicted molar refractivity (Wildman–Crippen MR) is 75.2 cm³/mol. The van der Waals surface area contributed by atoms with Crippen molar-refractivity contribution in [2.24, 2.45) is 0 Å². The number of pyridine rings is 1. The normalized spacial score (nSPS) is 11.3. The quantitative estimate of drug-likeness (QED) is 0.436. The van der Waals surface area contributed by atoms with Gasteiger partial charge in [-0.15, -0.1) is 0 Å². The van der Waals surface area contributed by atoms with E-state index in [2.05, 4.69) is 4.98 Å². The summed E-state index contributed by atoms with van der Waals surface area (Å²) in [4.78, 5) is 21.1. The van der Waals surface area contributed by atoms with Gasteiger partial charge >= 0.3 is 0 Å². The summed E-state index contributed by atoms with van der Waals surface area (Å²) >= 11 is 5.73. The van der Waals surface area contributed by atoms with Crippen LogP contribution in [0.25, 0.3) is 0 Å². The van der Waals surface area contributed by atoms with E-state index in [1.54, 1.807) is 24.2 Å². The third-order valence-electron chi connectivity index (χ3n) is 2.69. The van der Waals surface area contributed by atoms with Gasteiger partial charge < -0.3 is 4.90 Å². The molecule has 110 valence electrons. The van der Waals surface area contributed by atoms with Crippen molar-refractivity contribution in [1.29, 1.82) is 0 Å². The Morgan fingerprint density at radius 1 is 1.60 bits per heavy atom. The van der Waals surface area contributed by atoms with E-state index in [0.29, 0.717) is 24.1 Å². The first kappa shape index (κ1) is 16.2. The van der Waals surface area contributed by atoms with E-state index in [1.165, 1.54) is 12.2 Å². The summed E-state index contributed by atoms with van der Waals surface area (Å²) in [6.45, 7) is 2.95. The summed E-state index contributed by atoms with van der Waals surface area (Å²) < 4.78 is 0. The van der Waals surface area contributed by atoms with Gasteiger partial charge in [0.25, 0.3) is 6.20 Å². The average molecular weight is 301 g/mol. The highest BCUT2D eigenvalue weighted by Crippen LogP contribution is 2.14. The maximum absolute atomic E-state index is 10.7. The van der Waals surface area contributed by atoms with Crippen LogP contribution in [0.5, 0.6) is 0 Å². The fourth-order valence-electron chi connectivity index (χ4n) is 1.63. The van der Waals surface area contributed by atoms with Gasteiger partial charge in [0.1, 0.15) is 5.15 Å². The van der Waals surface area contributed by atoms with Crippen LogP contribution in [-0.4, -0.2) is 40.6 Å². The first-order valence-electron chi connectivity index (χ1n) is 5.96. The molecule has 0 aliphatic rings. The van der Waals surface area contributed by atoms with Crippen molar-refractivity contribution in [3.63, 3.8) is 0 Å². The molecule has 0 saturated carbocycles. The number of nitro groups is 1. The molecule has 1 heterocycles. The van der Waals surface area contributed by atoms with Crippen molar-refractivity contribution >= 4 is 11.6 Å². The Morgan fingerprint density at radius 2 is 2.30 bits per heavy atom. The molecule has 20 heavy (non-hydrogen) atoms. The first-order chi connectivity index (χ1) is 9.47. The highest BCUT2D eigenvalue weighted by Gasteiger charge is 2.17. The molecule has 1 aromatic rings. The van der Waals surface area contributed by atoms with Crippen LogP contribution < -0.4 is 0 Å². The second kappa shape index (κ2) is 7.66. The SMILES string of the molecule is CCN(Cc1ccc(Cl)nc1)/C(=C/[N+](=O)[O-])N(C)OC. The molecule has 1 aromatic heterocycles. The van der Waals surface area contributed by atoms with Crippen molar-refractivity contribution in [2.45, 2.75) is 13.5 Å². The van der Waals surface area contributed by atoms with E-state index in [-0.39, 0.29) is 0 Å². The lowest BCUT2D eigenvalue weighted by atomic mass is 10.2. The zero-order valence-corrected chi connectivity index (χ0v) is 12.4. The molecule has 0 atom stereocenters. The lowest BCUT2D eigenvalue weighted by Crippen LogP contribution is -2.33. The molecule has 0 aliphatic carbocycles. The number of rotatable bonds is 7. The molecule has 0 unspecified atom stereocenters. The number of nitrogens with zero attached hydrogens (tertiary/aromatic N) is 4. The van der Waals surface area contributed by atoms with Gasteiger partial charge in [-0.05, 0) is 18.6 Å². The third-order valence-corrected chi connectivity index (χ3v) is 2.91. The van der Waals surface area contributed by atoms with E-state index in [9.17, 15) is 10.1 Å². The number of hydrogen-bond donors (Lipinski definition) is 0. The largest absolute Gasteiger partial charge is 0.347 e. The predicted octanol–water partition coefficient (Wildman–Crippen LogP) is 2.13. The van der Waals surface area contributed by atoms with Gasteiger partial charge in [0.05, 0.1) is 12.0 Å². The van der Waals surface area contributed by atoms with Gasteiger partial charge in [-0.25, -0.2) is 10.0 Å². The van der Waals surface area contributed by atoms with Gasteiger partial charge in [0, 0.05) is 26.3 Å². The van der Waals surface area contributed by atoms with E-state index in [0.717, 1.165) is 11.8 Å². The minimum absolute atomic E-state index is 0.356. The molecule has 0 bridgehead atoms. The maximum atomic E-state index is 10.7. The fraction of sp³-hybridized carbons (Fsp3) is 0.417. The molecular formula is C12H17ClN4O3. The van der Waals surface area contributed by atoms with Gasteiger partial charge in [-0.1, -0.05) is 17.7 Å². The third kappa shape index (κ3) is 4.67. The van der Waals surface area contributed by atoms with E-state index in [1.807, 2.05) is 13.0 Å². The second-order valence-corrected chi connectivity index (χ2v) is 4.34. The van der Waals surface area contributed by atoms with Gasteiger partial charge in [0.15, 0.2) is 0 Å². The van der Waals surface area contributed by atoms with Crippen molar-refractivity contribution in [3.8, 4) is 0 Å². The fourth-order valence-corrected chi connectivity index (χ4v) is 1.74. The minimum Gasteiger partial charge on any atom is -0.347 e. The van der Waals surface area contributed by atoms with Crippen LogP contribution in [-0.2, 0) is 11.4 Å². The van der Waals surface area contributed by atoms with E-state index < -0.39 is 4.92 Å². The van der Waals surface area contributed by atoms with Crippen molar-refractivity contribution in [1.82, 2.24) is 14.9 Å². The molecule has 8 heteroatoms. The van der Waals surface area contributed by atoms with Gasteiger partial charge in [-0.3, -0.25) is 15.0 Å². The zero-order valence-electron chi connectivity index (χ0n) is 11.6. The number of hydrogen-bond acceptors (Lipinski definition) is 6. The Labute approximate surface area is 122 Å². The Hall–Kier alpha value is -1.86. The Balaban J connectivity index is 2.96. The topological polar surface area (TPSA) is 71.7 Å². The van der Waals surface area contributed by atoms with Crippen LogP contribution in [0.15, 0.2) is 30.4 Å². The van der Waals surface area contributed by atoms with Crippen molar-refractivity contribution < 1.29 is 9.76 Å². The summed E-state index contributed by atoms with van der Waals surface area (Å²) in [7, 11) is 3.06. The molecule has 0 amide bonds. The van der Waals surface area contributed by atoms with E-state index >= 15 is 0 Å². The highest BCUT2D eigenvalue weighted by molar-refractivity contribution is 6.29. The Morgan fingerprint density at radius 3 is 2.75 bits per heavy atom. The molecule has 0 aliphatic heterocycles. The first-order valence-corrected chi connectivity index (χ1v) is 6.34. The molecular weight excluding hydrogens is 284 g/mol. The Bertz CT molecular complexity index is 478. The van der Waals surface area contributed by atoms with Crippen LogP contribution in [0.2, 0.25) is 5.15 Å². The Kier molecular flexibility index (Phi) is 6.20. The van der Waals surface area contributed by atoms with Crippen LogP contribution in [0, 0.1) is 10.1 Å². The lowest BCUT2D eigenvalue weighted by molar-refractivity contribution is -0.407. The monoisotopic (exact) mass is 300 g/mol. The smallest absolute Gasteiger partial charge is 0.276 e. The molecule has 0 saturated heterocycles. The van der Waals surface area contributed by atoms with Gasteiger partial charge in [-0.2, -0.15) is 0 Å². The van der Waals surface area contributed by atoms with Crippen molar-refractivity contribution in [3.05, 3.63) is 51.2 Å². The maximum Gasteiger partial charge on any atom is 0.276 e. The van der Waals surface area contributed by atoms with Crippen molar-refractivity contribution in [2.75, 3.05) is 20.7 Å². The summed E-state index contributed by atoms with van der Waals surface area (Å²) in [5, 5.41) is 12.5. The van der Waals surface area contributed by atoms with Crippen LogP contribution in [0.1, 0.15) is 12.5 Å². The average Bonchev–Trinajstić information content (AvgIpc) is 2.43. The highest BCUT2D eigenvalue weighted by atomic mass is 35.5. The zero-order chi connectivity index (χ0) is 15.1. The summed E-state index contributed by atoms with van der Waals surface area (Å²) in [5.74, 6) is 0.356. The molecule has 0 spiro atoms. The standard InChI is InChI=1S/C12H17ClN4O3/c1-4-16(8-10-5-6-11(13)14-7-10)12(9-17(18)19)15(2)20-3/h5-7,9H,4,8H2,1-3H3/b12-9+. The summed E-state index contributed by atoms with van der Waals surface area (Å²) in [5.41, 5.74) is 0.898. The molecule has 0 fully saturated rings. The molecule has 7 nitrogen and oxygen atoms in total. The number of halogens is 1. The van der Waals surface area contributed by atoms with Crippen LogP contribution in [0.3, 0.4) is 0 Å². The summed E-state index contributed by atoms with van der Waals surface area (Å²) in [6.07, 6.45) is 2.55. The van der Waals surface area contributed by atoms with Gasteiger partial charge in [0.2, 0.25) is 5.82 Å². The van der Waals surface area contributed by atoms with Crippen LogP contribution in [0.4, 0.5) is 0 Å². The molecule has 1 rings (SSSR count). The molecule has 0 radical (unpaired) electrons. The second-order valence-electron chi connectivity index (χ2n) is 3.96. The molecule has 0 aromatic carbocycles. The molecule has 0 N–H and O–H groups in total. The number of hydroxylamine groups is 2. The lowest BCUT2D eigenvalue weighted by Gasteiger charge is -2.29. The van der Waals surface area contributed by atoms with Crippen LogP contribution >= 0.6 is 11.6 Å². The summed E-state index contributed by atoms with van der Waals surface area (Å²) in [6, 6.07) is 3.51. The van der Waals surface area contributed by atoms with E-state index in [4.69, 9.17) is 16.4 Å². The minimum atomic E-state index is -0.506.